The maximum absolute atomic E-state index is 11.0. The van der Waals surface area contributed by atoms with E-state index in [1.807, 2.05) is 0 Å². The molecular weight excluding hydrogens is 248 g/mol. The summed E-state index contributed by atoms with van der Waals surface area (Å²) in [6.45, 7) is 7.98. The summed E-state index contributed by atoms with van der Waals surface area (Å²) in [5, 5.41) is 9.56. The minimum Gasteiger partial charge on any atom is -0.435 e. The van der Waals surface area contributed by atoms with Gasteiger partial charge in [-0.3, -0.25) is 0 Å². The Morgan fingerprint density at radius 3 is 2.47 bits per heavy atom. The zero-order chi connectivity index (χ0) is 14.3. The summed E-state index contributed by atoms with van der Waals surface area (Å²) in [6.07, 6.45) is 3.63. The summed E-state index contributed by atoms with van der Waals surface area (Å²) >= 11 is 0. The summed E-state index contributed by atoms with van der Waals surface area (Å²) in [7, 11) is 0. The second kappa shape index (κ2) is 8.30. The first kappa shape index (κ1) is 16.1. The average molecular weight is 272 g/mol. The molecule has 2 rings (SSSR count). The van der Waals surface area contributed by atoms with Crippen LogP contribution in [0.1, 0.15) is 39.5 Å². The molecule has 1 aliphatic carbocycles. The van der Waals surface area contributed by atoms with Gasteiger partial charge in [-0.2, -0.15) is 0 Å². The maximum Gasteiger partial charge on any atom is 0.335 e. The van der Waals surface area contributed by atoms with E-state index in [1.165, 1.54) is 0 Å². The van der Waals surface area contributed by atoms with E-state index >= 15 is 0 Å². The van der Waals surface area contributed by atoms with Crippen LogP contribution in [0.25, 0.3) is 0 Å². The highest BCUT2D eigenvalue weighted by molar-refractivity contribution is 5.86. The zero-order valence-corrected chi connectivity index (χ0v) is 11.8. The number of aliphatic hydroxyl groups is 1. The Labute approximate surface area is 114 Å². The van der Waals surface area contributed by atoms with E-state index in [2.05, 4.69) is 13.5 Å². The van der Waals surface area contributed by atoms with Gasteiger partial charge in [0.25, 0.3) is 0 Å². The fourth-order valence-corrected chi connectivity index (χ4v) is 1.67. The van der Waals surface area contributed by atoms with Crippen LogP contribution in [-0.2, 0) is 19.0 Å². The Balaban J connectivity index is 0.000000382. The monoisotopic (exact) mass is 272 g/mol. The second-order valence-corrected chi connectivity index (χ2v) is 5.03. The third-order valence-corrected chi connectivity index (χ3v) is 2.99. The van der Waals surface area contributed by atoms with E-state index in [1.54, 1.807) is 6.92 Å². The van der Waals surface area contributed by atoms with E-state index in [4.69, 9.17) is 14.2 Å². The summed E-state index contributed by atoms with van der Waals surface area (Å²) < 4.78 is 14.8. The number of hydrogen-bond acceptors (Lipinski definition) is 5. The molecule has 0 bridgehead atoms. The summed E-state index contributed by atoms with van der Waals surface area (Å²) in [5.74, 6) is -0.458. The van der Waals surface area contributed by atoms with Gasteiger partial charge in [0.05, 0.1) is 24.9 Å². The summed E-state index contributed by atoms with van der Waals surface area (Å²) in [5.41, 5.74) is 0.350. The highest BCUT2D eigenvalue weighted by Gasteiger charge is 2.23. The normalized spacial score (nSPS) is 28.9. The topological polar surface area (TPSA) is 68.3 Å². The molecule has 2 aliphatic rings. The molecule has 1 aliphatic heterocycles. The van der Waals surface area contributed by atoms with Gasteiger partial charge in [0.1, 0.15) is 0 Å². The van der Waals surface area contributed by atoms with Crippen LogP contribution in [0.3, 0.4) is 0 Å². The lowest BCUT2D eigenvalue weighted by atomic mass is 9.95. The lowest BCUT2D eigenvalue weighted by Crippen LogP contribution is -2.33. The van der Waals surface area contributed by atoms with Crippen molar-refractivity contribution in [3.05, 3.63) is 12.2 Å². The molecule has 3 unspecified atom stereocenters. The van der Waals surface area contributed by atoms with E-state index in [9.17, 15) is 9.90 Å². The third kappa shape index (κ3) is 7.30. The molecule has 0 aromatic rings. The van der Waals surface area contributed by atoms with Crippen molar-refractivity contribution >= 4 is 5.97 Å². The van der Waals surface area contributed by atoms with E-state index in [-0.39, 0.29) is 12.9 Å². The van der Waals surface area contributed by atoms with Crippen molar-refractivity contribution in [2.45, 2.75) is 57.8 Å². The van der Waals surface area contributed by atoms with Crippen LogP contribution < -0.4 is 0 Å². The van der Waals surface area contributed by atoms with Crippen LogP contribution in [0, 0.1) is 0 Å². The Morgan fingerprint density at radius 1 is 1.42 bits per heavy atom. The first-order chi connectivity index (χ1) is 9.00. The number of hydrogen-bond donors (Lipinski definition) is 1. The maximum atomic E-state index is 11.0. The average Bonchev–Trinajstić information content (AvgIpc) is 3.14. The minimum absolute atomic E-state index is 0.104. The van der Waals surface area contributed by atoms with Crippen molar-refractivity contribution in [3.63, 3.8) is 0 Å². The summed E-state index contributed by atoms with van der Waals surface area (Å²) in [4.78, 5) is 11.0. The van der Waals surface area contributed by atoms with Gasteiger partial charge in [-0.15, -0.1) is 0 Å². The zero-order valence-electron chi connectivity index (χ0n) is 11.8. The molecular formula is C14H24O5. The largest absolute Gasteiger partial charge is 0.435 e. The first-order valence-corrected chi connectivity index (χ1v) is 6.74. The molecule has 2 fully saturated rings. The molecule has 5 heteroatoms. The number of rotatable bonds is 4. The number of aliphatic hydroxyl groups excluding tert-OH is 1. The van der Waals surface area contributed by atoms with Gasteiger partial charge in [0.15, 0.2) is 6.79 Å². The number of ether oxygens (including phenoxy) is 3. The SMILES string of the molecule is C=C(C)C(=O)OCOC1CCCCC1O.CC1CO1. The van der Waals surface area contributed by atoms with Crippen molar-refractivity contribution in [1.82, 2.24) is 0 Å². The predicted molar refractivity (Wildman–Crippen MR) is 70.5 cm³/mol. The Morgan fingerprint density at radius 2 is 2.00 bits per heavy atom. The molecule has 1 saturated carbocycles. The Kier molecular flexibility index (Phi) is 7.05. The lowest BCUT2D eigenvalue weighted by Gasteiger charge is -2.27. The second-order valence-electron chi connectivity index (χ2n) is 5.03. The first-order valence-electron chi connectivity index (χ1n) is 6.74. The molecule has 3 atom stereocenters. The van der Waals surface area contributed by atoms with Crippen LogP contribution in [0.4, 0.5) is 0 Å². The fraction of sp³-hybridized carbons (Fsp3) is 0.786. The van der Waals surface area contributed by atoms with Gasteiger partial charge in [-0.05, 0) is 26.7 Å². The van der Waals surface area contributed by atoms with Gasteiger partial charge in [0, 0.05) is 5.57 Å². The Hall–Kier alpha value is -0.910. The van der Waals surface area contributed by atoms with E-state index in [0.717, 1.165) is 32.3 Å². The van der Waals surface area contributed by atoms with Gasteiger partial charge < -0.3 is 19.3 Å². The van der Waals surface area contributed by atoms with Crippen LogP contribution in [-0.4, -0.2) is 42.8 Å². The predicted octanol–water partition coefficient (Wildman–Crippen LogP) is 1.79. The number of carbonyl (C=O) groups excluding carboxylic acids is 1. The fourth-order valence-electron chi connectivity index (χ4n) is 1.67. The molecule has 1 saturated heterocycles. The van der Waals surface area contributed by atoms with Crippen LogP contribution in [0.2, 0.25) is 0 Å². The number of esters is 1. The third-order valence-electron chi connectivity index (χ3n) is 2.99. The van der Waals surface area contributed by atoms with Crippen molar-refractivity contribution in [3.8, 4) is 0 Å². The van der Waals surface area contributed by atoms with Crippen molar-refractivity contribution in [2.75, 3.05) is 13.4 Å². The van der Waals surface area contributed by atoms with Crippen LogP contribution in [0.5, 0.6) is 0 Å². The molecule has 1 N–H and O–H groups in total. The molecule has 5 nitrogen and oxygen atoms in total. The molecule has 1 heterocycles. The van der Waals surface area contributed by atoms with E-state index in [0.29, 0.717) is 11.7 Å². The van der Waals surface area contributed by atoms with Crippen molar-refractivity contribution in [1.29, 1.82) is 0 Å². The molecule has 0 amide bonds. The van der Waals surface area contributed by atoms with Gasteiger partial charge in [-0.1, -0.05) is 19.4 Å². The highest BCUT2D eigenvalue weighted by atomic mass is 16.7. The number of epoxide rings is 1. The molecule has 110 valence electrons. The highest BCUT2D eigenvalue weighted by Crippen LogP contribution is 2.20. The molecule has 19 heavy (non-hydrogen) atoms. The number of carbonyl (C=O) groups is 1. The van der Waals surface area contributed by atoms with Crippen molar-refractivity contribution < 1.29 is 24.1 Å². The van der Waals surface area contributed by atoms with Crippen LogP contribution in [0.15, 0.2) is 12.2 Å². The van der Waals surface area contributed by atoms with Gasteiger partial charge in [-0.25, -0.2) is 4.79 Å². The molecule has 0 radical (unpaired) electrons. The molecule has 0 aromatic carbocycles. The Bertz CT molecular complexity index is 298. The lowest BCUT2D eigenvalue weighted by molar-refractivity contribution is -0.165. The van der Waals surface area contributed by atoms with Gasteiger partial charge in [0.2, 0.25) is 0 Å². The summed E-state index contributed by atoms with van der Waals surface area (Å²) in [6, 6.07) is 0. The standard InChI is InChI=1S/C11H18O4.C3H6O/c1-8(2)11(13)15-7-14-10-6-4-3-5-9(10)12;1-3-2-4-3/h9-10,12H,1,3-7H2,2H3;3H,2H2,1H3. The van der Waals surface area contributed by atoms with E-state index < -0.39 is 12.1 Å². The minimum atomic E-state index is -0.458. The molecule has 0 spiro atoms. The smallest absolute Gasteiger partial charge is 0.335 e. The van der Waals surface area contributed by atoms with Crippen molar-refractivity contribution in [2.24, 2.45) is 0 Å². The molecule has 0 aromatic heterocycles. The van der Waals surface area contributed by atoms with Crippen LogP contribution >= 0.6 is 0 Å². The van der Waals surface area contributed by atoms with Gasteiger partial charge >= 0.3 is 5.97 Å². The quantitative estimate of drug-likeness (QED) is 0.366.